The zero-order chi connectivity index (χ0) is 13.8. The highest BCUT2D eigenvalue weighted by atomic mass is 17.2. The molecule has 19 heavy (non-hydrogen) atoms. The molecule has 0 amide bonds. The van der Waals surface area contributed by atoms with Gasteiger partial charge in [-0.05, 0) is 46.9 Å². The van der Waals surface area contributed by atoms with Crippen LogP contribution in [0.1, 0.15) is 25.3 Å². The highest BCUT2D eigenvalue weighted by Gasteiger charge is 2.07. The quantitative estimate of drug-likeness (QED) is 0.511. The first-order valence-electron chi connectivity index (χ1n) is 6.32. The molecule has 0 aromatic heterocycles. The molecule has 0 fully saturated rings. The lowest BCUT2D eigenvalue weighted by Crippen LogP contribution is -1.97. The van der Waals surface area contributed by atoms with Gasteiger partial charge in [0.05, 0.1) is 7.11 Å². The minimum Gasteiger partial charge on any atom is -0.398 e. The number of rotatable bonds is 4. The normalized spacial score (nSPS) is 10.7. The van der Waals surface area contributed by atoms with Crippen molar-refractivity contribution in [2.75, 3.05) is 12.8 Å². The summed E-state index contributed by atoms with van der Waals surface area (Å²) in [6.07, 6.45) is 0. The highest BCUT2D eigenvalue weighted by Crippen LogP contribution is 2.30. The van der Waals surface area contributed by atoms with Crippen LogP contribution >= 0.6 is 0 Å². The van der Waals surface area contributed by atoms with Crippen LogP contribution in [0.15, 0.2) is 42.5 Å². The van der Waals surface area contributed by atoms with Crippen LogP contribution in [0.2, 0.25) is 0 Å². The lowest BCUT2D eigenvalue weighted by molar-refractivity contribution is -0.178. The van der Waals surface area contributed by atoms with E-state index in [1.807, 2.05) is 36.4 Å². The molecule has 3 nitrogen and oxygen atoms in total. The summed E-state index contributed by atoms with van der Waals surface area (Å²) < 4.78 is 0. The molecular weight excluding hydrogens is 238 g/mol. The molecule has 0 unspecified atom stereocenters. The van der Waals surface area contributed by atoms with Crippen molar-refractivity contribution in [2.24, 2.45) is 0 Å². The molecule has 0 aliphatic carbocycles. The number of anilines is 1. The molecule has 2 rings (SSSR count). The molecule has 0 heterocycles. The van der Waals surface area contributed by atoms with Crippen molar-refractivity contribution in [1.82, 2.24) is 0 Å². The van der Waals surface area contributed by atoms with Crippen molar-refractivity contribution in [1.29, 1.82) is 0 Å². The van der Waals surface area contributed by atoms with Gasteiger partial charge in [0.25, 0.3) is 0 Å². The Morgan fingerprint density at radius 2 is 1.74 bits per heavy atom. The van der Waals surface area contributed by atoms with Gasteiger partial charge >= 0.3 is 0 Å². The summed E-state index contributed by atoms with van der Waals surface area (Å²) in [6, 6.07) is 13.9. The van der Waals surface area contributed by atoms with Crippen molar-refractivity contribution < 1.29 is 9.78 Å². The Bertz CT molecular complexity index is 564. The van der Waals surface area contributed by atoms with Crippen molar-refractivity contribution in [3.05, 3.63) is 48.0 Å². The SMILES string of the molecule is COOc1cccc(-c2ccc(N)c(C(C)C)c2)c1. The van der Waals surface area contributed by atoms with Gasteiger partial charge in [-0.1, -0.05) is 32.0 Å². The van der Waals surface area contributed by atoms with E-state index in [0.717, 1.165) is 22.4 Å². The van der Waals surface area contributed by atoms with E-state index in [9.17, 15) is 0 Å². The predicted octanol–water partition coefficient (Wildman–Crippen LogP) is 4.00. The van der Waals surface area contributed by atoms with Gasteiger partial charge in [0.15, 0.2) is 5.75 Å². The molecule has 0 spiro atoms. The van der Waals surface area contributed by atoms with E-state index in [1.54, 1.807) is 0 Å². The van der Waals surface area contributed by atoms with Crippen molar-refractivity contribution in [3.63, 3.8) is 0 Å². The van der Waals surface area contributed by atoms with E-state index in [0.29, 0.717) is 11.7 Å². The Morgan fingerprint density at radius 3 is 2.42 bits per heavy atom. The average molecular weight is 257 g/mol. The van der Waals surface area contributed by atoms with Crippen LogP contribution < -0.4 is 10.6 Å². The second-order valence-corrected chi connectivity index (χ2v) is 4.78. The van der Waals surface area contributed by atoms with E-state index < -0.39 is 0 Å². The zero-order valence-electron chi connectivity index (χ0n) is 11.5. The molecular formula is C16H19NO2. The van der Waals surface area contributed by atoms with E-state index in [4.69, 9.17) is 10.6 Å². The lowest BCUT2D eigenvalue weighted by Gasteiger charge is -2.12. The maximum absolute atomic E-state index is 6.00. The van der Waals surface area contributed by atoms with E-state index in [2.05, 4.69) is 24.8 Å². The topological polar surface area (TPSA) is 44.5 Å². The number of benzene rings is 2. The molecule has 0 atom stereocenters. The van der Waals surface area contributed by atoms with Crippen LogP contribution in [0, 0.1) is 0 Å². The molecule has 2 N–H and O–H groups in total. The fourth-order valence-corrected chi connectivity index (χ4v) is 2.08. The predicted molar refractivity (Wildman–Crippen MR) is 78.0 cm³/mol. The minimum absolute atomic E-state index is 0.401. The molecule has 3 heteroatoms. The fourth-order valence-electron chi connectivity index (χ4n) is 2.08. The number of hydrogen-bond acceptors (Lipinski definition) is 3. The molecule has 100 valence electrons. The van der Waals surface area contributed by atoms with Gasteiger partial charge in [0.1, 0.15) is 0 Å². The van der Waals surface area contributed by atoms with Gasteiger partial charge < -0.3 is 10.6 Å². The van der Waals surface area contributed by atoms with Gasteiger partial charge in [-0.15, -0.1) is 0 Å². The number of nitrogens with two attached hydrogens (primary N) is 1. The first-order chi connectivity index (χ1) is 9.11. The summed E-state index contributed by atoms with van der Waals surface area (Å²) in [6.45, 7) is 4.28. The molecule has 2 aromatic rings. The Balaban J connectivity index is 2.41. The maximum atomic E-state index is 6.00. The van der Waals surface area contributed by atoms with Gasteiger partial charge in [-0.25, -0.2) is 0 Å². The minimum atomic E-state index is 0.401. The van der Waals surface area contributed by atoms with Crippen molar-refractivity contribution >= 4 is 5.69 Å². The van der Waals surface area contributed by atoms with Crippen LogP contribution in [0.5, 0.6) is 5.75 Å². The molecule has 2 aromatic carbocycles. The largest absolute Gasteiger partial charge is 0.398 e. The van der Waals surface area contributed by atoms with Crippen LogP contribution in [0.25, 0.3) is 11.1 Å². The van der Waals surface area contributed by atoms with Gasteiger partial charge in [0.2, 0.25) is 0 Å². The summed E-state index contributed by atoms with van der Waals surface area (Å²) in [5.41, 5.74) is 10.2. The molecule has 0 radical (unpaired) electrons. The third-order valence-corrected chi connectivity index (χ3v) is 3.06. The van der Waals surface area contributed by atoms with Gasteiger partial charge in [-0.3, -0.25) is 0 Å². The van der Waals surface area contributed by atoms with Crippen LogP contribution in [0.4, 0.5) is 5.69 Å². The highest BCUT2D eigenvalue weighted by molar-refractivity contribution is 5.69. The molecule has 0 aliphatic rings. The fraction of sp³-hybridized carbons (Fsp3) is 0.250. The summed E-state index contributed by atoms with van der Waals surface area (Å²) in [5.74, 6) is 1.08. The maximum Gasteiger partial charge on any atom is 0.165 e. The zero-order valence-corrected chi connectivity index (χ0v) is 11.5. The number of hydrogen-bond donors (Lipinski definition) is 1. The summed E-state index contributed by atoms with van der Waals surface area (Å²) in [5, 5.41) is 0. The Morgan fingerprint density at radius 1 is 1.00 bits per heavy atom. The summed E-state index contributed by atoms with van der Waals surface area (Å²) >= 11 is 0. The molecule has 0 aliphatic heterocycles. The van der Waals surface area contributed by atoms with E-state index >= 15 is 0 Å². The molecule has 0 saturated carbocycles. The molecule has 0 saturated heterocycles. The first-order valence-corrected chi connectivity index (χ1v) is 6.32. The average Bonchev–Trinajstić information content (AvgIpc) is 2.39. The summed E-state index contributed by atoms with van der Waals surface area (Å²) in [7, 11) is 1.49. The van der Waals surface area contributed by atoms with Crippen molar-refractivity contribution in [3.8, 4) is 16.9 Å². The second-order valence-electron chi connectivity index (χ2n) is 4.78. The van der Waals surface area contributed by atoms with Gasteiger partial charge in [0, 0.05) is 5.69 Å². The third-order valence-electron chi connectivity index (χ3n) is 3.06. The van der Waals surface area contributed by atoms with E-state index in [1.165, 1.54) is 7.11 Å². The van der Waals surface area contributed by atoms with E-state index in [-0.39, 0.29) is 0 Å². The lowest BCUT2D eigenvalue weighted by atomic mass is 9.96. The Labute approximate surface area is 113 Å². The second kappa shape index (κ2) is 5.76. The number of nitrogen functional groups attached to an aromatic ring is 1. The summed E-state index contributed by atoms with van der Waals surface area (Å²) in [4.78, 5) is 9.72. The first kappa shape index (κ1) is 13.4. The Hall–Kier alpha value is -2.00. The standard InChI is InChI=1S/C16H19NO2/c1-11(2)15-10-13(7-8-16(15)17)12-5-4-6-14(9-12)19-18-3/h4-11H,17H2,1-3H3. The van der Waals surface area contributed by atoms with Crippen LogP contribution in [0.3, 0.4) is 0 Å². The smallest absolute Gasteiger partial charge is 0.165 e. The molecule has 0 bridgehead atoms. The van der Waals surface area contributed by atoms with Crippen LogP contribution in [-0.4, -0.2) is 7.11 Å². The van der Waals surface area contributed by atoms with Gasteiger partial charge in [-0.2, -0.15) is 4.89 Å². The Kier molecular flexibility index (Phi) is 4.07. The monoisotopic (exact) mass is 257 g/mol. The van der Waals surface area contributed by atoms with Crippen LogP contribution in [-0.2, 0) is 4.89 Å². The van der Waals surface area contributed by atoms with Crippen molar-refractivity contribution in [2.45, 2.75) is 19.8 Å². The third kappa shape index (κ3) is 3.06.